The molecule has 0 atom stereocenters. The highest BCUT2D eigenvalue weighted by Gasteiger charge is 2.06. The van der Waals surface area contributed by atoms with Gasteiger partial charge in [0.05, 0.1) is 0 Å². The van der Waals surface area contributed by atoms with Gasteiger partial charge in [0.25, 0.3) is 5.91 Å². The lowest BCUT2D eigenvalue weighted by atomic mass is 10.1. The zero-order valence-corrected chi connectivity index (χ0v) is 11.5. The first kappa shape index (κ1) is 12.6. The number of amides is 1. The predicted molar refractivity (Wildman–Crippen MR) is 77.7 cm³/mol. The van der Waals surface area contributed by atoms with Gasteiger partial charge in [0, 0.05) is 21.4 Å². The summed E-state index contributed by atoms with van der Waals surface area (Å²) < 4.78 is 1.02. The molecule has 2 rings (SSSR count). The van der Waals surface area contributed by atoms with Crippen molar-refractivity contribution in [2.75, 3.05) is 11.1 Å². The van der Waals surface area contributed by atoms with Crippen LogP contribution in [-0.4, -0.2) is 5.91 Å². The van der Waals surface area contributed by atoms with Crippen molar-refractivity contribution < 1.29 is 4.79 Å². The summed E-state index contributed by atoms with van der Waals surface area (Å²) in [6.07, 6.45) is 0. The van der Waals surface area contributed by atoms with E-state index in [1.54, 1.807) is 24.3 Å². The largest absolute Gasteiger partial charge is 0.399 e. The third-order valence-corrected chi connectivity index (χ3v) is 3.45. The first-order valence-electron chi connectivity index (χ1n) is 5.49. The molecule has 1 amide bonds. The van der Waals surface area contributed by atoms with Crippen molar-refractivity contribution in [3.8, 4) is 0 Å². The summed E-state index contributed by atoms with van der Waals surface area (Å²) in [5, 5.41) is 2.84. The van der Waals surface area contributed by atoms with Crippen LogP contribution in [0, 0.1) is 6.92 Å². The highest BCUT2D eigenvalue weighted by atomic mass is 79.9. The molecule has 0 saturated heterocycles. The van der Waals surface area contributed by atoms with E-state index in [-0.39, 0.29) is 5.91 Å². The maximum atomic E-state index is 12.0. The number of rotatable bonds is 2. The van der Waals surface area contributed by atoms with E-state index in [0.29, 0.717) is 11.3 Å². The van der Waals surface area contributed by atoms with E-state index in [1.807, 2.05) is 25.1 Å². The lowest BCUT2D eigenvalue weighted by molar-refractivity contribution is 0.102. The van der Waals surface area contributed by atoms with E-state index in [1.165, 1.54) is 0 Å². The van der Waals surface area contributed by atoms with Crippen molar-refractivity contribution in [1.29, 1.82) is 0 Å². The van der Waals surface area contributed by atoms with Crippen molar-refractivity contribution in [1.82, 2.24) is 0 Å². The molecule has 0 heterocycles. The fourth-order valence-corrected chi connectivity index (χ4v) is 1.85. The Morgan fingerprint density at radius 1 is 1.22 bits per heavy atom. The van der Waals surface area contributed by atoms with Gasteiger partial charge >= 0.3 is 0 Å². The number of anilines is 2. The molecule has 0 fully saturated rings. The smallest absolute Gasteiger partial charge is 0.255 e. The molecule has 4 heteroatoms. The molecule has 0 bridgehead atoms. The molecule has 2 aromatic rings. The summed E-state index contributed by atoms with van der Waals surface area (Å²) in [4.78, 5) is 12.0. The molecule has 0 aliphatic carbocycles. The summed E-state index contributed by atoms with van der Waals surface area (Å²) in [5.41, 5.74) is 8.61. The minimum Gasteiger partial charge on any atom is -0.399 e. The van der Waals surface area contributed by atoms with Gasteiger partial charge in [-0.1, -0.05) is 22.0 Å². The summed E-state index contributed by atoms with van der Waals surface area (Å²) in [6.45, 7) is 1.97. The Hall–Kier alpha value is -1.81. The zero-order chi connectivity index (χ0) is 13.1. The SMILES string of the molecule is Cc1cc(NC(=O)c2cccc(N)c2)ccc1Br. The van der Waals surface area contributed by atoms with Crippen LogP contribution in [0.3, 0.4) is 0 Å². The first-order valence-corrected chi connectivity index (χ1v) is 6.28. The van der Waals surface area contributed by atoms with E-state index in [9.17, 15) is 4.79 Å². The number of nitrogens with one attached hydrogen (secondary N) is 1. The number of hydrogen-bond donors (Lipinski definition) is 2. The van der Waals surface area contributed by atoms with Crippen molar-refractivity contribution in [3.63, 3.8) is 0 Å². The molecule has 0 saturated carbocycles. The van der Waals surface area contributed by atoms with Crippen LogP contribution < -0.4 is 11.1 Å². The van der Waals surface area contributed by atoms with Gasteiger partial charge in [0.1, 0.15) is 0 Å². The van der Waals surface area contributed by atoms with Crippen LogP contribution in [0.25, 0.3) is 0 Å². The van der Waals surface area contributed by atoms with Crippen molar-refractivity contribution in [2.24, 2.45) is 0 Å². The fourth-order valence-electron chi connectivity index (χ4n) is 1.61. The number of hydrogen-bond acceptors (Lipinski definition) is 2. The quantitative estimate of drug-likeness (QED) is 0.833. The topological polar surface area (TPSA) is 55.1 Å². The van der Waals surface area contributed by atoms with Gasteiger partial charge in [-0.15, -0.1) is 0 Å². The summed E-state index contributed by atoms with van der Waals surface area (Å²) in [6, 6.07) is 12.6. The Bertz CT molecular complexity index is 596. The Morgan fingerprint density at radius 3 is 2.67 bits per heavy atom. The van der Waals surface area contributed by atoms with E-state index >= 15 is 0 Å². The Balaban J connectivity index is 2.18. The Kier molecular flexibility index (Phi) is 3.67. The normalized spacial score (nSPS) is 10.1. The van der Waals surface area contributed by atoms with Crippen molar-refractivity contribution in [3.05, 3.63) is 58.1 Å². The van der Waals surface area contributed by atoms with Gasteiger partial charge in [-0.2, -0.15) is 0 Å². The molecule has 3 nitrogen and oxygen atoms in total. The van der Waals surface area contributed by atoms with Crippen LogP contribution in [0.5, 0.6) is 0 Å². The van der Waals surface area contributed by atoms with Crippen LogP contribution in [0.15, 0.2) is 46.9 Å². The van der Waals surface area contributed by atoms with Crippen LogP contribution in [0.2, 0.25) is 0 Å². The molecule has 0 aromatic heterocycles. The van der Waals surface area contributed by atoms with Crippen LogP contribution in [0.4, 0.5) is 11.4 Å². The first-order chi connectivity index (χ1) is 8.56. The second-order valence-corrected chi connectivity index (χ2v) is 4.90. The van der Waals surface area contributed by atoms with E-state index in [0.717, 1.165) is 15.7 Å². The molecule has 3 N–H and O–H groups in total. The highest BCUT2D eigenvalue weighted by Crippen LogP contribution is 2.20. The Morgan fingerprint density at radius 2 is 2.00 bits per heavy atom. The fraction of sp³-hybridized carbons (Fsp3) is 0.0714. The third kappa shape index (κ3) is 2.90. The number of carbonyl (C=O) groups is 1. The van der Waals surface area contributed by atoms with Gasteiger partial charge in [0.15, 0.2) is 0 Å². The minimum atomic E-state index is -0.163. The number of carbonyl (C=O) groups excluding carboxylic acids is 1. The number of nitrogens with two attached hydrogens (primary N) is 1. The zero-order valence-electron chi connectivity index (χ0n) is 9.91. The molecule has 0 aliphatic rings. The second-order valence-electron chi connectivity index (χ2n) is 4.04. The highest BCUT2D eigenvalue weighted by molar-refractivity contribution is 9.10. The second kappa shape index (κ2) is 5.23. The minimum absolute atomic E-state index is 0.163. The summed E-state index contributed by atoms with van der Waals surface area (Å²) >= 11 is 3.42. The van der Waals surface area contributed by atoms with Gasteiger partial charge in [-0.05, 0) is 48.9 Å². The number of benzene rings is 2. The van der Waals surface area contributed by atoms with Crippen LogP contribution in [-0.2, 0) is 0 Å². The lowest BCUT2D eigenvalue weighted by Crippen LogP contribution is -2.12. The third-order valence-electron chi connectivity index (χ3n) is 2.56. The van der Waals surface area contributed by atoms with Gasteiger partial charge in [-0.25, -0.2) is 0 Å². The molecule has 0 spiro atoms. The van der Waals surface area contributed by atoms with E-state index in [4.69, 9.17) is 5.73 Å². The monoisotopic (exact) mass is 304 g/mol. The van der Waals surface area contributed by atoms with Crippen LogP contribution >= 0.6 is 15.9 Å². The van der Waals surface area contributed by atoms with Gasteiger partial charge < -0.3 is 11.1 Å². The lowest BCUT2D eigenvalue weighted by Gasteiger charge is -2.07. The van der Waals surface area contributed by atoms with E-state index in [2.05, 4.69) is 21.2 Å². The molecule has 18 heavy (non-hydrogen) atoms. The number of halogens is 1. The van der Waals surface area contributed by atoms with Crippen molar-refractivity contribution >= 4 is 33.2 Å². The maximum Gasteiger partial charge on any atom is 0.255 e. The molecule has 0 unspecified atom stereocenters. The van der Waals surface area contributed by atoms with Crippen LogP contribution in [0.1, 0.15) is 15.9 Å². The molecule has 92 valence electrons. The predicted octanol–water partition coefficient (Wildman–Crippen LogP) is 3.59. The van der Waals surface area contributed by atoms with Gasteiger partial charge in [0.2, 0.25) is 0 Å². The maximum absolute atomic E-state index is 12.0. The standard InChI is InChI=1S/C14H13BrN2O/c1-9-7-12(5-6-13(9)15)17-14(18)10-3-2-4-11(16)8-10/h2-8H,16H2,1H3,(H,17,18). The molecular formula is C14H13BrN2O. The summed E-state index contributed by atoms with van der Waals surface area (Å²) in [5.74, 6) is -0.163. The molecule has 2 aromatic carbocycles. The average Bonchev–Trinajstić information content (AvgIpc) is 2.34. The number of aryl methyl sites for hydroxylation is 1. The average molecular weight is 305 g/mol. The van der Waals surface area contributed by atoms with E-state index < -0.39 is 0 Å². The van der Waals surface area contributed by atoms with Crippen molar-refractivity contribution in [2.45, 2.75) is 6.92 Å². The Labute approximate surface area is 114 Å². The van der Waals surface area contributed by atoms with Gasteiger partial charge in [-0.3, -0.25) is 4.79 Å². The molecule has 0 aliphatic heterocycles. The number of nitrogen functional groups attached to an aromatic ring is 1. The molecular weight excluding hydrogens is 292 g/mol. The molecule has 0 radical (unpaired) electrons. The summed E-state index contributed by atoms with van der Waals surface area (Å²) in [7, 11) is 0.